The molecular weight excluding hydrogens is 618 g/mol. The van der Waals surface area contributed by atoms with Crippen molar-refractivity contribution >= 4 is 23.4 Å². The number of benzene rings is 2. The van der Waals surface area contributed by atoms with Crippen molar-refractivity contribution in [1.29, 1.82) is 0 Å². The van der Waals surface area contributed by atoms with Gasteiger partial charge in [0.05, 0.1) is 13.2 Å². The van der Waals surface area contributed by atoms with E-state index in [-0.39, 0.29) is 16.7 Å². The molecule has 0 saturated carbocycles. The van der Waals surface area contributed by atoms with Gasteiger partial charge in [-0.3, -0.25) is 14.4 Å². The fourth-order valence-electron chi connectivity index (χ4n) is 3.97. The van der Waals surface area contributed by atoms with Crippen molar-refractivity contribution in [2.45, 2.75) is 61.3 Å². The van der Waals surface area contributed by atoms with Crippen molar-refractivity contribution in [3.05, 3.63) is 65.2 Å². The summed E-state index contributed by atoms with van der Waals surface area (Å²) in [5.41, 5.74) is 0.326. The number of anilines is 1. The zero-order chi connectivity index (χ0) is 34.9. The first-order chi connectivity index (χ1) is 21.5. The van der Waals surface area contributed by atoms with Gasteiger partial charge in [0.25, 0.3) is 17.7 Å². The molecule has 2 rings (SSSR count). The quantitative estimate of drug-likeness (QED) is 0.0747. The van der Waals surface area contributed by atoms with Crippen LogP contribution in [-0.4, -0.2) is 161 Å². The number of hydrogen-bond acceptors (Lipinski definition) is 15. The van der Waals surface area contributed by atoms with E-state index >= 15 is 0 Å². The predicted molar refractivity (Wildman–Crippen MR) is 155 cm³/mol. The fourth-order valence-corrected chi connectivity index (χ4v) is 3.97. The summed E-state index contributed by atoms with van der Waals surface area (Å²) >= 11 is 0. The number of nitrogens with one attached hydrogen (secondary N) is 2. The number of rotatable bonds is 16. The van der Waals surface area contributed by atoms with E-state index in [1.807, 2.05) is 10.6 Å². The lowest BCUT2D eigenvalue weighted by molar-refractivity contribution is -0.143. The zero-order valence-electron chi connectivity index (χ0n) is 24.3. The second kappa shape index (κ2) is 17.3. The summed E-state index contributed by atoms with van der Waals surface area (Å²) in [6.45, 7) is -1.87. The molecule has 10 atom stereocenters. The van der Waals surface area contributed by atoms with Crippen LogP contribution in [0.15, 0.2) is 48.5 Å². The fraction of sp³-hybridized carbons (Fsp3) is 0.464. The summed E-state index contributed by atoms with van der Waals surface area (Å²) in [7, 11) is 1.41. The van der Waals surface area contributed by atoms with Crippen LogP contribution >= 0.6 is 0 Å². The van der Waals surface area contributed by atoms with Crippen LogP contribution < -0.4 is 15.5 Å². The van der Waals surface area contributed by atoms with Crippen LogP contribution in [0.3, 0.4) is 0 Å². The van der Waals surface area contributed by atoms with E-state index in [9.17, 15) is 65.4 Å². The molecule has 18 heteroatoms. The Bertz CT molecular complexity index is 1280. The monoisotopic (exact) mass is 657 g/mol. The van der Waals surface area contributed by atoms with E-state index in [0.29, 0.717) is 5.69 Å². The molecule has 2 aromatic carbocycles. The topological polar surface area (TPSA) is 321 Å². The van der Waals surface area contributed by atoms with Crippen molar-refractivity contribution in [3.8, 4) is 0 Å². The standard InChI is InChI=1S/C28H39N3O15/c1-31(15-8-6-13(7-9-15)25(43)30-27(45)23(41)21(39)19(37)17(35)11-33)28(46)14-4-2-12(3-5-14)24(42)29-26(44)22(40)20(38)18(36)16(34)10-32/h2-9,16-23,26-27,32-41,44-45H,10-11H2,1H3,(H,29,42)(H,30,43)/t16-,17-,18-,19-,20+,21+,22-,23-,26?,27?/m1/s1. The Morgan fingerprint density at radius 3 is 1.22 bits per heavy atom. The number of amides is 3. The smallest absolute Gasteiger partial charge is 0.258 e. The Balaban J connectivity index is 2.00. The molecule has 18 nitrogen and oxygen atoms in total. The highest BCUT2D eigenvalue weighted by Gasteiger charge is 2.36. The third-order valence-electron chi connectivity index (χ3n) is 6.98. The first-order valence-corrected chi connectivity index (χ1v) is 13.7. The van der Waals surface area contributed by atoms with Gasteiger partial charge in [-0.05, 0) is 48.5 Å². The number of nitrogens with zero attached hydrogens (tertiary/aromatic N) is 1. The predicted octanol–water partition coefficient (Wildman–Crippen LogP) is -6.07. The molecule has 0 aliphatic carbocycles. The van der Waals surface area contributed by atoms with Gasteiger partial charge in [-0.15, -0.1) is 0 Å². The minimum absolute atomic E-state index is 0.0319. The van der Waals surface area contributed by atoms with Gasteiger partial charge in [0, 0.05) is 29.4 Å². The van der Waals surface area contributed by atoms with Crippen molar-refractivity contribution in [1.82, 2.24) is 10.6 Å². The van der Waals surface area contributed by atoms with Crippen molar-refractivity contribution in [3.63, 3.8) is 0 Å². The van der Waals surface area contributed by atoms with Crippen LogP contribution in [0.1, 0.15) is 31.1 Å². The number of carbonyl (C=O) groups excluding carboxylic acids is 3. The molecule has 46 heavy (non-hydrogen) atoms. The van der Waals surface area contributed by atoms with Gasteiger partial charge in [0.1, 0.15) is 48.8 Å². The molecule has 0 bridgehead atoms. The minimum Gasteiger partial charge on any atom is -0.394 e. The maximum absolute atomic E-state index is 13.0. The van der Waals surface area contributed by atoms with Gasteiger partial charge in [0.15, 0.2) is 12.5 Å². The Morgan fingerprint density at radius 2 is 0.870 bits per heavy atom. The summed E-state index contributed by atoms with van der Waals surface area (Å²) in [6.07, 6.45) is -20.3. The lowest BCUT2D eigenvalue weighted by atomic mass is 10.0. The van der Waals surface area contributed by atoms with Crippen LogP contribution in [0.4, 0.5) is 5.69 Å². The van der Waals surface area contributed by atoms with Crippen LogP contribution in [-0.2, 0) is 0 Å². The van der Waals surface area contributed by atoms with Crippen molar-refractivity contribution < 1.29 is 75.7 Å². The van der Waals surface area contributed by atoms with E-state index < -0.39 is 92.2 Å². The van der Waals surface area contributed by atoms with Gasteiger partial charge in [-0.2, -0.15) is 0 Å². The molecule has 0 heterocycles. The summed E-state index contributed by atoms with van der Waals surface area (Å²) < 4.78 is 0. The molecular formula is C28H39N3O15. The number of carbonyl (C=O) groups is 3. The maximum atomic E-state index is 13.0. The average Bonchev–Trinajstić information content (AvgIpc) is 3.07. The van der Waals surface area contributed by atoms with E-state index in [4.69, 9.17) is 10.2 Å². The Morgan fingerprint density at radius 1 is 0.543 bits per heavy atom. The second-order valence-electron chi connectivity index (χ2n) is 10.3. The molecule has 2 aromatic rings. The average molecular weight is 658 g/mol. The van der Waals surface area contributed by atoms with E-state index in [1.165, 1.54) is 60.5 Å². The molecule has 3 amide bonds. The molecule has 0 fully saturated rings. The molecule has 0 spiro atoms. The minimum atomic E-state index is -2.14. The number of hydrogen-bond donors (Lipinski definition) is 14. The molecule has 256 valence electrons. The first-order valence-electron chi connectivity index (χ1n) is 13.7. The Kier molecular flexibility index (Phi) is 14.5. The normalized spacial score (nSPS) is 18.1. The van der Waals surface area contributed by atoms with Gasteiger partial charge in [0.2, 0.25) is 0 Å². The third kappa shape index (κ3) is 9.69. The molecule has 0 aliphatic heterocycles. The molecule has 14 N–H and O–H groups in total. The van der Waals surface area contributed by atoms with Crippen LogP contribution in [0, 0.1) is 0 Å². The summed E-state index contributed by atoms with van der Waals surface area (Å²) in [5, 5.41) is 119. The first kappa shape index (κ1) is 38.6. The molecule has 0 radical (unpaired) electrons. The third-order valence-corrected chi connectivity index (χ3v) is 6.98. The lowest BCUT2D eigenvalue weighted by Gasteiger charge is -2.28. The van der Waals surface area contributed by atoms with E-state index in [2.05, 4.69) is 0 Å². The van der Waals surface area contributed by atoms with E-state index in [1.54, 1.807) is 0 Å². The van der Waals surface area contributed by atoms with Gasteiger partial charge in [-0.1, -0.05) is 0 Å². The maximum Gasteiger partial charge on any atom is 0.258 e. The second-order valence-corrected chi connectivity index (χ2v) is 10.3. The SMILES string of the molecule is CN(C(=O)c1ccc(C(=O)NC(O)[C@H](O)[C@@H](O)[C@H](O)[C@H](O)CO)cc1)c1ccc(C(=O)NC(O)[C@H](O)[C@@H](O)[C@H](O)[C@H](O)CO)cc1. The van der Waals surface area contributed by atoms with Crippen molar-refractivity contribution in [2.24, 2.45) is 0 Å². The summed E-state index contributed by atoms with van der Waals surface area (Å²) in [5.74, 6) is -2.38. The highest BCUT2D eigenvalue weighted by Crippen LogP contribution is 2.18. The van der Waals surface area contributed by atoms with Gasteiger partial charge in [-0.25, -0.2) is 0 Å². The lowest BCUT2D eigenvalue weighted by Crippen LogP contribution is -2.54. The highest BCUT2D eigenvalue weighted by molar-refractivity contribution is 6.06. The summed E-state index contributed by atoms with van der Waals surface area (Å²) in [6, 6.07) is 10.3. The summed E-state index contributed by atoms with van der Waals surface area (Å²) in [4.78, 5) is 39.1. The number of aliphatic hydroxyl groups is 12. The Labute approximate surface area is 261 Å². The molecule has 0 aliphatic rings. The van der Waals surface area contributed by atoms with Gasteiger partial charge >= 0.3 is 0 Å². The van der Waals surface area contributed by atoms with Crippen LogP contribution in [0.25, 0.3) is 0 Å². The van der Waals surface area contributed by atoms with E-state index in [0.717, 1.165) is 0 Å². The molecule has 0 aromatic heterocycles. The van der Waals surface area contributed by atoms with Crippen molar-refractivity contribution in [2.75, 3.05) is 25.2 Å². The largest absolute Gasteiger partial charge is 0.394 e. The Hall–Kier alpha value is -3.63. The molecule has 2 unspecified atom stereocenters. The zero-order valence-corrected chi connectivity index (χ0v) is 24.3. The highest BCUT2D eigenvalue weighted by atomic mass is 16.4. The molecule has 0 saturated heterocycles. The van der Waals surface area contributed by atoms with Gasteiger partial charge < -0.3 is 76.8 Å². The number of aliphatic hydroxyl groups excluding tert-OH is 12. The van der Waals surface area contributed by atoms with Crippen LogP contribution in [0.5, 0.6) is 0 Å². The van der Waals surface area contributed by atoms with Crippen LogP contribution in [0.2, 0.25) is 0 Å².